The van der Waals surface area contributed by atoms with Gasteiger partial charge in [0.25, 0.3) is 0 Å². The van der Waals surface area contributed by atoms with Gasteiger partial charge in [-0.15, -0.1) is 0 Å². The topological polar surface area (TPSA) is 93.3 Å². The molecule has 2 amide bonds. The predicted octanol–water partition coefficient (Wildman–Crippen LogP) is 2.11. The normalized spacial score (nSPS) is 23.3. The molecular formula is C18H23N5O3. The van der Waals surface area contributed by atoms with Crippen molar-refractivity contribution in [1.82, 2.24) is 19.8 Å². The highest BCUT2D eigenvalue weighted by Crippen LogP contribution is 2.43. The largest absolute Gasteiger partial charge is 0.359 e. The van der Waals surface area contributed by atoms with Gasteiger partial charge in [0.2, 0.25) is 11.8 Å². The molecule has 1 aliphatic carbocycles. The molecule has 2 fully saturated rings. The first-order valence-electron chi connectivity index (χ1n) is 9.00. The third kappa shape index (κ3) is 2.79. The van der Waals surface area contributed by atoms with E-state index in [0.29, 0.717) is 30.0 Å². The zero-order valence-electron chi connectivity index (χ0n) is 15.2. The first-order valence-corrected chi connectivity index (χ1v) is 9.00. The van der Waals surface area contributed by atoms with Crippen LogP contribution in [0.15, 0.2) is 16.8 Å². The highest BCUT2D eigenvalue weighted by atomic mass is 16.5. The molecule has 8 nitrogen and oxygen atoms in total. The quantitative estimate of drug-likeness (QED) is 0.904. The number of nitrogens with zero attached hydrogens (tertiary/aromatic N) is 4. The maximum Gasteiger partial charge on any atom is 0.230 e. The third-order valence-electron chi connectivity index (χ3n) is 5.36. The van der Waals surface area contributed by atoms with Gasteiger partial charge in [-0.1, -0.05) is 5.16 Å². The van der Waals surface area contributed by atoms with E-state index >= 15 is 0 Å². The van der Waals surface area contributed by atoms with Gasteiger partial charge in [-0.25, -0.2) is 0 Å². The van der Waals surface area contributed by atoms with Crippen LogP contribution in [0.3, 0.4) is 0 Å². The molecule has 1 N–H and O–H groups in total. The van der Waals surface area contributed by atoms with Crippen LogP contribution in [0.5, 0.6) is 0 Å². The summed E-state index contributed by atoms with van der Waals surface area (Å²) in [7, 11) is 1.85. The molecule has 2 aromatic rings. The number of anilines is 1. The van der Waals surface area contributed by atoms with E-state index in [1.54, 1.807) is 24.7 Å². The maximum absolute atomic E-state index is 13.1. The second-order valence-corrected chi connectivity index (χ2v) is 7.19. The van der Waals surface area contributed by atoms with Gasteiger partial charge < -0.3 is 14.7 Å². The van der Waals surface area contributed by atoms with Crippen LogP contribution in [-0.4, -0.2) is 37.7 Å². The van der Waals surface area contributed by atoms with Crippen LogP contribution in [0.4, 0.5) is 5.69 Å². The minimum Gasteiger partial charge on any atom is -0.359 e. The van der Waals surface area contributed by atoms with Gasteiger partial charge in [0, 0.05) is 25.7 Å². The smallest absolute Gasteiger partial charge is 0.230 e. The molecule has 0 bridgehead atoms. The molecule has 0 aromatic carbocycles. The Morgan fingerprint density at radius 2 is 2.08 bits per heavy atom. The first kappa shape index (κ1) is 16.8. The Balaban J connectivity index is 1.67. The number of carbonyl (C=O) groups excluding carboxylic acids is 2. The van der Waals surface area contributed by atoms with Crippen molar-refractivity contribution in [1.29, 1.82) is 0 Å². The van der Waals surface area contributed by atoms with Crippen LogP contribution >= 0.6 is 0 Å². The van der Waals surface area contributed by atoms with Crippen LogP contribution in [0.1, 0.15) is 48.9 Å². The number of aryl methyl sites for hydroxylation is 3. The number of aromatic nitrogens is 3. The summed E-state index contributed by atoms with van der Waals surface area (Å²) < 4.78 is 6.90. The number of likely N-dealkylation sites (tertiary alicyclic amines) is 1. The van der Waals surface area contributed by atoms with Crippen LogP contribution in [-0.2, 0) is 16.6 Å². The lowest BCUT2D eigenvalue weighted by molar-refractivity contribution is -0.143. The predicted molar refractivity (Wildman–Crippen MR) is 93.1 cm³/mol. The van der Waals surface area contributed by atoms with Gasteiger partial charge in [-0.05, 0) is 39.2 Å². The van der Waals surface area contributed by atoms with Crippen molar-refractivity contribution in [3.63, 3.8) is 0 Å². The molecule has 2 aromatic heterocycles. The molecule has 1 aliphatic heterocycles. The minimum absolute atomic E-state index is 0.108. The fraction of sp³-hybridized carbons (Fsp3) is 0.556. The number of hydrogen-bond donors (Lipinski definition) is 1. The number of amides is 2. The molecule has 1 saturated heterocycles. The Morgan fingerprint density at radius 1 is 1.31 bits per heavy atom. The summed E-state index contributed by atoms with van der Waals surface area (Å²) in [5.74, 6) is 0.264. The van der Waals surface area contributed by atoms with E-state index in [9.17, 15) is 9.59 Å². The standard InChI is InChI=1S/C18H23N5O3/c1-10-16(11(2)26-21-10)20-18(25)13-6-7-15(24)23(12-4-5-12)17(13)14-8-9-19-22(14)3/h8-9,12-13,17H,4-7H2,1-3H3,(H,20,25)/t13-,17-/m0/s1. The number of hydrogen-bond acceptors (Lipinski definition) is 5. The minimum atomic E-state index is -0.336. The van der Waals surface area contributed by atoms with E-state index < -0.39 is 0 Å². The number of carbonyl (C=O) groups is 2. The van der Waals surface area contributed by atoms with Crippen molar-refractivity contribution >= 4 is 17.5 Å². The van der Waals surface area contributed by atoms with Gasteiger partial charge in [-0.3, -0.25) is 14.3 Å². The summed E-state index contributed by atoms with van der Waals surface area (Å²) >= 11 is 0. The highest BCUT2D eigenvalue weighted by molar-refractivity contribution is 5.95. The maximum atomic E-state index is 13.1. The molecule has 2 aliphatic rings. The Bertz CT molecular complexity index is 831. The molecule has 1 saturated carbocycles. The molecule has 26 heavy (non-hydrogen) atoms. The van der Waals surface area contributed by atoms with Crippen molar-refractivity contribution in [3.8, 4) is 0 Å². The molecule has 138 valence electrons. The number of nitrogens with one attached hydrogen (secondary N) is 1. The second-order valence-electron chi connectivity index (χ2n) is 7.19. The number of rotatable bonds is 4. The SMILES string of the molecule is Cc1noc(C)c1NC(=O)[C@H]1CCC(=O)N(C2CC2)[C@@H]1c1ccnn1C. The molecule has 0 radical (unpaired) electrons. The van der Waals surface area contributed by atoms with Gasteiger partial charge in [0.1, 0.15) is 11.4 Å². The summed E-state index contributed by atoms with van der Waals surface area (Å²) in [6, 6.07) is 1.84. The van der Waals surface area contributed by atoms with Crippen LogP contribution in [0, 0.1) is 19.8 Å². The number of piperidine rings is 1. The van der Waals surface area contributed by atoms with E-state index in [1.807, 2.05) is 18.0 Å². The summed E-state index contributed by atoms with van der Waals surface area (Å²) in [6.07, 6.45) is 4.62. The van der Waals surface area contributed by atoms with Crippen molar-refractivity contribution < 1.29 is 14.1 Å². The van der Waals surface area contributed by atoms with Crippen molar-refractivity contribution in [2.24, 2.45) is 13.0 Å². The van der Waals surface area contributed by atoms with Crippen molar-refractivity contribution in [2.45, 2.75) is 51.6 Å². The Labute approximate surface area is 151 Å². The first-order chi connectivity index (χ1) is 12.5. The van der Waals surface area contributed by atoms with E-state index in [-0.39, 0.29) is 29.8 Å². The van der Waals surface area contributed by atoms with Gasteiger partial charge >= 0.3 is 0 Å². The third-order valence-corrected chi connectivity index (χ3v) is 5.36. The lowest BCUT2D eigenvalue weighted by Gasteiger charge is -2.40. The molecule has 3 heterocycles. The van der Waals surface area contributed by atoms with Gasteiger partial charge in [0.05, 0.1) is 17.7 Å². The molecule has 0 spiro atoms. The van der Waals surface area contributed by atoms with E-state index in [4.69, 9.17) is 4.52 Å². The zero-order chi connectivity index (χ0) is 18.4. The Morgan fingerprint density at radius 3 is 2.65 bits per heavy atom. The Hall–Kier alpha value is -2.64. The molecule has 8 heteroatoms. The lowest BCUT2D eigenvalue weighted by atomic mass is 9.85. The van der Waals surface area contributed by atoms with Crippen LogP contribution < -0.4 is 5.32 Å². The lowest BCUT2D eigenvalue weighted by Crippen LogP contribution is -2.48. The fourth-order valence-electron chi connectivity index (χ4n) is 3.87. The fourth-order valence-corrected chi connectivity index (χ4v) is 3.87. The average Bonchev–Trinajstić information content (AvgIpc) is 3.29. The van der Waals surface area contributed by atoms with Crippen LogP contribution in [0.2, 0.25) is 0 Å². The Kier molecular flexibility index (Phi) is 4.05. The van der Waals surface area contributed by atoms with E-state index in [0.717, 1.165) is 18.5 Å². The van der Waals surface area contributed by atoms with Crippen LogP contribution in [0.25, 0.3) is 0 Å². The summed E-state index contributed by atoms with van der Waals surface area (Å²) in [4.78, 5) is 27.7. The van der Waals surface area contributed by atoms with Crippen molar-refractivity contribution in [2.75, 3.05) is 5.32 Å². The summed E-state index contributed by atoms with van der Waals surface area (Å²) in [6.45, 7) is 3.57. The molecule has 0 unspecified atom stereocenters. The van der Waals surface area contributed by atoms with E-state index in [2.05, 4.69) is 15.6 Å². The monoisotopic (exact) mass is 357 g/mol. The summed E-state index contributed by atoms with van der Waals surface area (Å²) in [5.41, 5.74) is 2.16. The zero-order valence-corrected chi connectivity index (χ0v) is 15.2. The highest BCUT2D eigenvalue weighted by Gasteiger charge is 2.47. The van der Waals surface area contributed by atoms with E-state index in [1.165, 1.54) is 0 Å². The summed E-state index contributed by atoms with van der Waals surface area (Å²) in [5, 5.41) is 11.1. The average molecular weight is 357 g/mol. The second kappa shape index (κ2) is 6.26. The van der Waals surface area contributed by atoms with Gasteiger partial charge in [0.15, 0.2) is 5.76 Å². The van der Waals surface area contributed by atoms with Crippen molar-refractivity contribution in [3.05, 3.63) is 29.4 Å². The molecular weight excluding hydrogens is 334 g/mol. The molecule has 2 atom stereocenters. The van der Waals surface area contributed by atoms with Gasteiger partial charge in [-0.2, -0.15) is 5.10 Å². The molecule has 4 rings (SSSR count).